The van der Waals surface area contributed by atoms with Crippen molar-refractivity contribution in [2.75, 3.05) is 25.0 Å². The number of piperidine rings is 2. The van der Waals surface area contributed by atoms with Gasteiger partial charge in [-0.05, 0) is 101 Å². The van der Waals surface area contributed by atoms with Gasteiger partial charge in [-0.3, -0.25) is 33.5 Å². The van der Waals surface area contributed by atoms with Crippen molar-refractivity contribution < 1.29 is 37.1 Å². The third-order valence-electron chi connectivity index (χ3n) is 12.2. The molecule has 3 N–H and O–H groups in total. The van der Waals surface area contributed by atoms with E-state index in [1.165, 1.54) is 15.2 Å². The number of hydrogen-bond acceptors (Lipinski definition) is 8. The number of aromatic nitrogens is 5. The van der Waals surface area contributed by atoms with Crippen molar-refractivity contribution >= 4 is 45.3 Å². The Labute approximate surface area is 336 Å². The van der Waals surface area contributed by atoms with E-state index in [1.54, 1.807) is 45.2 Å². The number of rotatable bonds is 8. The third-order valence-corrected chi connectivity index (χ3v) is 12.2. The molecule has 17 heteroatoms. The molecule has 59 heavy (non-hydrogen) atoms. The maximum Gasteiger partial charge on any atom is 0.433 e. The number of aryl methyl sites for hydroxylation is 1. The van der Waals surface area contributed by atoms with Crippen LogP contribution in [0, 0.1) is 5.92 Å². The highest BCUT2D eigenvalue weighted by Crippen LogP contribution is 2.39. The first kappa shape index (κ1) is 40.4. The molecule has 3 atom stereocenters. The summed E-state index contributed by atoms with van der Waals surface area (Å²) < 4.78 is 60.8. The molecular formula is C42H46F4N8O5. The molecule has 2 saturated heterocycles. The zero-order valence-corrected chi connectivity index (χ0v) is 32.9. The van der Waals surface area contributed by atoms with Gasteiger partial charge < -0.3 is 15.3 Å². The highest BCUT2D eigenvalue weighted by atomic mass is 19.4. The van der Waals surface area contributed by atoms with E-state index >= 15 is 4.39 Å². The normalized spacial score (nSPS) is 23.5. The molecule has 1 aliphatic carbocycles. The van der Waals surface area contributed by atoms with E-state index in [2.05, 4.69) is 20.5 Å². The minimum atomic E-state index is -4.71. The number of para-hydroxylation sites is 1. The van der Waals surface area contributed by atoms with Crippen LogP contribution >= 0.6 is 0 Å². The lowest BCUT2D eigenvalue weighted by atomic mass is 9.83. The molecule has 0 radical (unpaired) electrons. The number of nitrogens with zero attached hydrogens (tertiary/aromatic N) is 6. The molecular weight excluding hydrogens is 773 g/mol. The Balaban J connectivity index is 0.912. The lowest BCUT2D eigenvalue weighted by molar-refractivity contribution is -0.141. The summed E-state index contributed by atoms with van der Waals surface area (Å²) >= 11 is 0. The molecule has 1 saturated carbocycles. The average molecular weight is 819 g/mol. The number of carbonyl (C=O) groups excluding carboxylic acids is 3. The Bertz CT molecular complexity index is 2510. The van der Waals surface area contributed by atoms with Gasteiger partial charge in [0.25, 0.3) is 5.91 Å². The van der Waals surface area contributed by atoms with Gasteiger partial charge in [0, 0.05) is 55.3 Å². The number of anilines is 1. The van der Waals surface area contributed by atoms with Crippen molar-refractivity contribution in [3.63, 3.8) is 0 Å². The third kappa shape index (κ3) is 7.89. The van der Waals surface area contributed by atoms with Crippen molar-refractivity contribution in [1.29, 1.82) is 0 Å². The van der Waals surface area contributed by atoms with Crippen molar-refractivity contribution in [3.8, 4) is 0 Å². The number of benzene rings is 2. The standard InChI is InChI=1S/C42H46F4N8O5/c1-41(2,59)28-19-31-24(18-32(28)48-38(56)30-7-5-9-35(47-30)42(44,45)46)21-53(50-31)25-12-10-23(11-13-25)20-52-17-16-26(29(43)22-52)27-6-4-8-33-37(27)51(3)40(58)54(33)34-14-15-36(55)49-39(34)57/h4-9,18-19,21,23,25-26,29,34,59H,10-17,20,22H2,1-3H3,(H,48,56)(H,49,55,57)/t23?,25?,26-,29+,34?/m0/s1. The molecule has 0 bridgehead atoms. The summed E-state index contributed by atoms with van der Waals surface area (Å²) in [5.41, 5.74) is -0.306. The van der Waals surface area contributed by atoms with Crippen molar-refractivity contribution in [1.82, 2.24) is 34.1 Å². The first-order chi connectivity index (χ1) is 28.0. The molecule has 5 aromatic rings. The van der Waals surface area contributed by atoms with Gasteiger partial charge in [-0.1, -0.05) is 18.2 Å². The molecule has 3 aliphatic rings. The molecule has 8 rings (SSSR count). The molecule has 3 fully saturated rings. The number of imide groups is 1. The average Bonchev–Trinajstić information content (AvgIpc) is 3.71. The van der Waals surface area contributed by atoms with Crippen molar-refractivity contribution in [3.05, 3.63) is 87.7 Å². The fraction of sp³-hybridized carbons (Fsp3) is 0.476. The van der Waals surface area contributed by atoms with Gasteiger partial charge in [0.1, 0.15) is 23.6 Å². The number of nitrogens with one attached hydrogen (secondary N) is 2. The number of fused-ring (bicyclic) bond motifs is 2. The second kappa shape index (κ2) is 15.3. The highest BCUT2D eigenvalue weighted by Gasteiger charge is 2.37. The number of halogens is 4. The zero-order chi connectivity index (χ0) is 42.0. The van der Waals surface area contributed by atoms with Gasteiger partial charge in [0.2, 0.25) is 11.8 Å². The summed E-state index contributed by atoms with van der Waals surface area (Å²) in [6.45, 7) is 4.81. The SMILES string of the molecule is Cn1c(=O)n(C2CCC(=O)NC2=O)c2cccc([C@@H]3CCN(CC4CCC(n5cc6cc(NC(=O)c7cccc(C(F)(F)F)n7)c(C(C)(C)O)cc6n5)CC4)C[C@H]3F)c21. The van der Waals surface area contributed by atoms with Crippen LogP contribution in [0.2, 0.25) is 0 Å². The molecule has 2 aliphatic heterocycles. The van der Waals surface area contributed by atoms with Crippen LogP contribution in [0.25, 0.3) is 21.9 Å². The van der Waals surface area contributed by atoms with E-state index in [9.17, 15) is 37.5 Å². The van der Waals surface area contributed by atoms with Crippen LogP contribution in [0.3, 0.4) is 0 Å². The minimum Gasteiger partial charge on any atom is -0.386 e. The van der Waals surface area contributed by atoms with E-state index in [0.29, 0.717) is 46.4 Å². The molecule has 2 aromatic carbocycles. The molecule has 312 valence electrons. The quantitative estimate of drug-likeness (QED) is 0.125. The number of imidazole rings is 1. The van der Waals surface area contributed by atoms with Crippen LogP contribution in [0.4, 0.5) is 23.2 Å². The Morgan fingerprint density at radius 3 is 2.44 bits per heavy atom. The van der Waals surface area contributed by atoms with Crippen LogP contribution in [-0.4, -0.2) is 77.4 Å². The number of pyridine rings is 1. The summed E-state index contributed by atoms with van der Waals surface area (Å²) in [5.74, 6) is -1.79. The van der Waals surface area contributed by atoms with Gasteiger partial charge in [-0.25, -0.2) is 14.2 Å². The molecule has 13 nitrogen and oxygen atoms in total. The highest BCUT2D eigenvalue weighted by molar-refractivity contribution is 6.04. The Kier molecular flexibility index (Phi) is 10.5. The Hall–Kier alpha value is -5.42. The molecule has 1 unspecified atom stereocenters. The van der Waals surface area contributed by atoms with Gasteiger partial charge >= 0.3 is 11.9 Å². The smallest absolute Gasteiger partial charge is 0.386 e. The molecule has 3 amide bonds. The summed E-state index contributed by atoms with van der Waals surface area (Å²) in [7, 11) is 1.64. The first-order valence-electron chi connectivity index (χ1n) is 20.0. The van der Waals surface area contributed by atoms with Crippen molar-refractivity contribution in [2.45, 2.75) is 94.7 Å². The van der Waals surface area contributed by atoms with Gasteiger partial charge in [0.05, 0.1) is 28.2 Å². The van der Waals surface area contributed by atoms with E-state index < -0.39 is 53.1 Å². The predicted octanol–water partition coefficient (Wildman–Crippen LogP) is 6.12. The van der Waals surface area contributed by atoms with Crippen LogP contribution in [0.1, 0.15) is 104 Å². The van der Waals surface area contributed by atoms with Crippen LogP contribution in [0.5, 0.6) is 0 Å². The van der Waals surface area contributed by atoms with E-state index in [0.717, 1.165) is 49.9 Å². The fourth-order valence-corrected chi connectivity index (χ4v) is 9.23. The predicted molar refractivity (Wildman–Crippen MR) is 210 cm³/mol. The Morgan fingerprint density at radius 1 is 1.00 bits per heavy atom. The number of carbonyl (C=O) groups is 3. The Morgan fingerprint density at radius 2 is 1.75 bits per heavy atom. The van der Waals surface area contributed by atoms with Crippen LogP contribution in [-0.2, 0) is 28.4 Å². The number of alkyl halides is 4. The lowest BCUT2D eigenvalue weighted by Gasteiger charge is -2.38. The molecule has 5 heterocycles. The summed E-state index contributed by atoms with van der Waals surface area (Å²) in [6, 6.07) is 11.1. The maximum absolute atomic E-state index is 16.2. The van der Waals surface area contributed by atoms with Crippen LogP contribution < -0.4 is 16.3 Å². The number of aliphatic hydroxyl groups is 1. The van der Waals surface area contributed by atoms with E-state index in [-0.39, 0.29) is 42.7 Å². The zero-order valence-electron chi connectivity index (χ0n) is 32.9. The largest absolute Gasteiger partial charge is 0.433 e. The second-order valence-corrected chi connectivity index (χ2v) is 16.7. The number of amides is 3. The number of hydrogen-bond donors (Lipinski definition) is 3. The van der Waals surface area contributed by atoms with Gasteiger partial charge in [-0.2, -0.15) is 18.3 Å². The van der Waals surface area contributed by atoms with Gasteiger partial charge in [-0.15, -0.1) is 0 Å². The number of likely N-dealkylation sites (tertiary alicyclic amines) is 1. The monoisotopic (exact) mass is 818 g/mol. The van der Waals surface area contributed by atoms with Crippen molar-refractivity contribution in [2.24, 2.45) is 13.0 Å². The summed E-state index contributed by atoms with van der Waals surface area (Å²) in [4.78, 5) is 56.7. The van der Waals surface area contributed by atoms with Crippen LogP contribution in [0.15, 0.2) is 59.5 Å². The topological polar surface area (TPSA) is 156 Å². The molecule has 0 spiro atoms. The van der Waals surface area contributed by atoms with Gasteiger partial charge in [0.15, 0.2) is 0 Å². The maximum atomic E-state index is 16.2. The summed E-state index contributed by atoms with van der Waals surface area (Å²) in [6.07, 6.45) is 0.433. The van der Waals surface area contributed by atoms with E-state index in [1.807, 2.05) is 16.9 Å². The fourth-order valence-electron chi connectivity index (χ4n) is 9.23. The van der Waals surface area contributed by atoms with E-state index in [4.69, 9.17) is 5.10 Å². The second-order valence-electron chi connectivity index (χ2n) is 16.7. The summed E-state index contributed by atoms with van der Waals surface area (Å²) in [5, 5.41) is 21.5. The first-order valence-corrected chi connectivity index (χ1v) is 20.0. The minimum absolute atomic E-state index is 0.0934. The lowest BCUT2D eigenvalue weighted by Crippen LogP contribution is -2.44. The molecule has 3 aromatic heterocycles.